The SMILES string of the molecule is Cc1ncc(C(=O)NCCN2CCC[C@H]2C)cc1NC(=O)/C(=N/N)c1ccc(Br)cn1. The number of carbonyl (C=O) groups is 2. The quantitative estimate of drug-likeness (QED) is 0.311. The Morgan fingerprint density at radius 2 is 2.13 bits per heavy atom. The second-order valence-electron chi connectivity index (χ2n) is 7.43. The van der Waals surface area contributed by atoms with Crippen LogP contribution in [-0.2, 0) is 4.79 Å². The zero-order valence-corrected chi connectivity index (χ0v) is 19.1. The summed E-state index contributed by atoms with van der Waals surface area (Å²) >= 11 is 3.30. The Balaban J connectivity index is 1.65. The molecule has 1 aliphatic rings. The highest BCUT2D eigenvalue weighted by molar-refractivity contribution is 9.10. The van der Waals surface area contributed by atoms with Crippen molar-refractivity contribution in [2.75, 3.05) is 25.0 Å². The van der Waals surface area contributed by atoms with E-state index in [9.17, 15) is 9.59 Å². The number of carbonyl (C=O) groups excluding carboxylic acids is 2. The van der Waals surface area contributed by atoms with Crippen LogP contribution in [-0.4, -0.2) is 58.1 Å². The van der Waals surface area contributed by atoms with Gasteiger partial charge in [0.2, 0.25) is 0 Å². The Labute approximate surface area is 189 Å². The topological polar surface area (TPSA) is 126 Å². The van der Waals surface area contributed by atoms with Gasteiger partial charge in [0, 0.05) is 36.0 Å². The van der Waals surface area contributed by atoms with Crippen LogP contribution in [0.2, 0.25) is 0 Å². The van der Waals surface area contributed by atoms with Gasteiger partial charge in [-0.2, -0.15) is 5.10 Å². The van der Waals surface area contributed by atoms with Gasteiger partial charge < -0.3 is 16.5 Å². The zero-order chi connectivity index (χ0) is 22.4. The van der Waals surface area contributed by atoms with Gasteiger partial charge in [-0.05, 0) is 67.4 Å². The third-order valence-corrected chi connectivity index (χ3v) is 5.76. The number of nitrogens with zero attached hydrogens (tertiary/aromatic N) is 4. The molecular formula is C21H26BrN7O2. The number of aryl methyl sites for hydroxylation is 1. The fourth-order valence-electron chi connectivity index (χ4n) is 3.46. The number of hydrazone groups is 1. The number of halogens is 1. The normalized spacial score (nSPS) is 16.9. The fourth-order valence-corrected chi connectivity index (χ4v) is 3.70. The molecule has 9 nitrogen and oxygen atoms in total. The van der Waals surface area contributed by atoms with Crippen molar-refractivity contribution in [3.63, 3.8) is 0 Å². The van der Waals surface area contributed by atoms with Crippen LogP contribution in [0.4, 0.5) is 5.69 Å². The number of anilines is 1. The van der Waals surface area contributed by atoms with Gasteiger partial charge in [-0.15, -0.1) is 0 Å². The van der Waals surface area contributed by atoms with E-state index in [1.165, 1.54) is 19.0 Å². The van der Waals surface area contributed by atoms with Crippen LogP contribution < -0.4 is 16.5 Å². The van der Waals surface area contributed by atoms with Gasteiger partial charge in [0.25, 0.3) is 11.8 Å². The molecular weight excluding hydrogens is 462 g/mol. The van der Waals surface area contributed by atoms with E-state index in [0.29, 0.717) is 35.2 Å². The standard InChI is InChI=1S/C21H26BrN7O2/c1-13-4-3-8-29(13)9-7-24-20(30)15-10-18(14(2)25-11-15)27-21(31)19(28-23)17-6-5-16(22)12-26-17/h5-6,10-13H,3-4,7-9,23H2,1-2H3,(H,24,30)(H,27,31)/b28-19+/t13-/m1/s1. The average molecular weight is 488 g/mol. The molecule has 0 spiro atoms. The number of hydrogen-bond acceptors (Lipinski definition) is 7. The van der Waals surface area contributed by atoms with E-state index in [1.54, 1.807) is 31.3 Å². The molecule has 4 N–H and O–H groups in total. The fraction of sp³-hybridized carbons (Fsp3) is 0.381. The summed E-state index contributed by atoms with van der Waals surface area (Å²) in [4.78, 5) is 36.0. The number of likely N-dealkylation sites (tertiary alicyclic amines) is 1. The molecule has 1 saturated heterocycles. The van der Waals surface area contributed by atoms with Gasteiger partial charge in [0.1, 0.15) is 0 Å². The van der Waals surface area contributed by atoms with Crippen molar-refractivity contribution >= 4 is 39.1 Å². The van der Waals surface area contributed by atoms with E-state index >= 15 is 0 Å². The number of amides is 2. The van der Waals surface area contributed by atoms with E-state index in [2.05, 4.69) is 53.5 Å². The van der Waals surface area contributed by atoms with E-state index in [-0.39, 0.29) is 11.6 Å². The van der Waals surface area contributed by atoms with Crippen LogP contribution in [0.5, 0.6) is 0 Å². The molecule has 164 valence electrons. The zero-order valence-electron chi connectivity index (χ0n) is 17.6. The number of pyridine rings is 2. The summed E-state index contributed by atoms with van der Waals surface area (Å²) in [5, 5.41) is 9.22. The number of rotatable bonds is 7. The lowest BCUT2D eigenvalue weighted by molar-refractivity contribution is -0.110. The molecule has 2 aromatic heterocycles. The van der Waals surface area contributed by atoms with Gasteiger partial charge >= 0.3 is 0 Å². The highest BCUT2D eigenvalue weighted by Gasteiger charge is 2.20. The number of nitrogens with one attached hydrogen (secondary N) is 2. The van der Waals surface area contributed by atoms with Gasteiger partial charge in [0.15, 0.2) is 5.71 Å². The summed E-state index contributed by atoms with van der Waals surface area (Å²) in [6.07, 6.45) is 5.44. The van der Waals surface area contributed by atoms with Gasteiger partial charge in [-0.1, -0.05) is 0 Å². The summed E-state index contributed by atoms with van der Waals surface area (Å²) in [5.41, 5.74) is 1.64. The largest absolute Gasteiger partial charge is 0.351 e. The summed E-state index contributed by atoms with van der Waals surface area (Å²) in [6.45, 7) is 6.38. The first-order chi connectivity index (χ1) is 14.9. The molecule has 31 heavy (non-hydrogen) atoms. The Morgan fingerprint density at radius 1 is 1.32 bits per heavy atom. The average Bonchev–Trinajstić information content (AvgIpc) is 3.16. The lowest BCUT2D eigenvalue weighted by Crippen LogP contribution is -2.36. The van der Waals surface area contributed by atoms with Crippen LogP contribution >= 0.6 is 15.9 Å². The third-order valence-electron chi connectivity index (χ3n) is 5.29. The Bertz CT molecular complexity index is 978. The maximum atomic E-state index is 12.7. The van der Waals surface area contributed by atoms with Crippen molar-refractivity contribution in [3.8, 4) is 0 Å². The lowest BCUT2D eigenvalue weighted by Gasteiger charge is -2.20. The van der Waals surface area contributed by atoms with E-state index in [1.807, 2.05) is 0 Å². The van der Waals surface area contributed by atoms with E-state index in [0.717, 1.165) is 17.6 Å². The summed E-state index contributed by atoms with van der Waals surface area (Å²) in [5.74, 6) is 4.64. The molecule has 0 saturated carbocycles. The molecule has 2 aromatic rings. The highest BCUT2D eigenvalue weighted by Crippen LogP contribution is 2.17. The smallest absolute Gasteiger partial charge is 0.278 e. The minimum absolute atomic E-state index is 0.0264. The minimum atomic E-state index is -0.539. The molecule has 0 radical (unpaired) electrons. The van der Waals surface area contributed by atoms with Crippen LogP contribution in [0.15, 0.2) is 40.2 Å². The second kappa shape index (κ2) is 10.5. The van der Waals surface area contributed by atoms with Crippen molar-refractivity contribution in [3.05, 3.63) is 52.0 Å². The van der Waals surface area contributed by atoms with Crippen molar-refractivity contribution in [1.82, 2.24) is 20.2 Å². The molecule has 3 rings (SSSR count). The third kappa shape index (κ3) is 5.86. The van der Waals surface area contributed by atoms with Crippen LogP contribution in [0.25, 0.3) is 0 Å². The molecule has 0 bridgehead atoms. The van der Waals surface area contributed by atoms with Crippen LogP contribution in [0, 0.1) is 6.92 Å². The molecule has 0 aliphatic carbocycles. The highest BCUT2D eigenvalue weighted by atomic mass is 79.9. The van der Waals surface area contributed by atoms with Crippen molar-refractivity contribution in [2.45, 2.75) is 32.7 Å². The van der Waals surface area contributed by atoms with Gasteiger partial charge in [-0.3, -0.25) is 24.5 Å². The predicted molar refractivity (Wildman–Crippen MR) is 123 cm³/mol. The summed E-state index contributed by atoms with van der Waals surface area (Å²) in [7, 11) is 0. The maximum absolute atomic E-state index is 12.7. The lowest BCUT2D eigenvalue weighted by atomic mass is 10.2. The molecule has 2 amide bonds. The number of hydrogen-bond donors (Lipinski definition) is 3. The van der Waals surface area contributed by atoms with E-state index in [4.69, 9.17) is 5.84 Å². The summed E-state index contributed by atoms with van der Waals surface area (Å²) in [6, 6.07) is 5.52. The molecule has 1 aliphatic heterocycles. The first-order valence-electron chi connectivity index (χ1n) is 10.1. The first kappa shape index (κ1) is 22.8. The molecule has 3 heterocycles. The number of nitrogens with two attached hydrogens (primary N) is 1. The van der Waals surface area contributed by atoms with Gasteiger partial charge in [0.05, 0.1) is 22.6 Å². The van der Waals surface area contributed by atoms with Crippen LogP contribution in [0.1, 0.15) is 41.5 Å². The van der Waals surface area contributed by atoms with Crippen molar-refractivity contribution < 1.29 is 9.59 Å². The second-order valence-corrected chi connectivity index (χ2v) is 8.35. The van der Waals surface area contributed by atoms with Crippen molar-refractivity contribution in [2.24, 2.45) is 10.9 Å². The first-order valence-corrected chi connectivity index (χ1v) is 10.9. The van der Waals surface area contributed by atoms with E-state index < -0.39 is 5.91 Å². The molecule has 0 aromatic carbocycles. The minimum Gasteiger partial charge on any atom is -0.351 e. The molecule has 10 heteroatoms. The Kier molecular flexibility index (Phi) is 7.69. The molecule has 1 atom stereocenters. The molecule has 0 unspecified atom stereocenters. The van der Waals surface area contributed by atoms with Crippen molar-refractivity contribution in [1.29, 1.82) is 0 Å². The maximum Gasteiger partial charge on any atom is 0.278 e. The monoisotopic (exact) mass is 487 g/mol. The summed E-state index contributed by atoms with van der Waals surface area (Å²) < 4.78 is 0.769. The predicted octanol–water partition coefficient (Wildman–Crippen LogP) is 2.06. The molecule has 1 fully saturated rings. The van der Waals surface area contributed by atoms with Crippen LogP contribution in [0.3, 0.4) is 0 Å². The number of aromatic nitrogens is 2. The van der Waals surface area contributed by atoms with Gasteiger partial charge in [-0.25, -0.2) is 0 Å². The Morgan fingerprint density at radius 3 is 2.77 bits per heavy atom. The Hall–Kier alpha value is -2.85.